The van der Waals surface area contributed by atoms with E-state index in [2.05, 4.69) is 10.3 Å². The highest BCUT2D eigenvalue weighted by Crippen LogP contribution is 2.21. The number of amides is 1. The molecule has 0 saturated carbocycles. The summed E-state index contributed by atoms with van der Waals surface area (Å²) in [5, 5.41) is 2.09. The van der Waals surface area contributed by atoms with E-state index in [0.717, 1.165) is 11.6 Å². The molecule has 0 spiro atoms. The fraction of sp³-hybridized carbons (Fsp3) is 0.0769. The summed E-state index contributed by atoms with van der Waals surface area (Å²) in [6.45, 7) is 1.93. The zero-order valence-electron chi connectivity index (χ0n) is 9.88. The Morgan fingerprint density at radius 2 is 1.84 bits per heavy atom. The molecule has 0 saturated heterocycles. The number of anilines is 1. The summed E-state index contributed by atoms with van der Waals surface area (Å²) in [5.74, 6) is -1.34. The second-order valence-corrected chi connectivity index (χ2v) is 4.64. The Hall–Kier alpha value is -1.65. The summed E-state index contributed by atoms with van der Waals surface area (Å²) >= 11 is 11.2. The van der Waals surface area contributed by atoms with Gasteiger partial charge < -0.3 is 5.32 Å². The van der Waals surface area contributed by atoms with Crippen LogP contribution in [0.5, 0.6) is 0 Å². The van der Waals surface area contributed by atoms with Crippen LogP contribution in [-0.2, 0) is 0 Å². The van der Waals surface area contributed by atoms with Crippen LogP contribution >= 0.6 is 23.2 Å². The highest BCUT2D eigenvalue weighted by atomic mass is 35.5. The Balaban J connectivity index is 2.25. The smallest absolute Gasteiger partial charge is 0.258 e. The van der Waals surface area contributed by atoms with Crippen molar-refractivity contribution in [1.29, 1.82) is 0 Å². The zero-order chi connectivity index (χ0) is 14.0. The standard InChI is InChI=1S/C13H9Cl2FN2O/c1-7-2-4-8(5-3-7)17-13(19)9-6-10(16)12(15)18-11(9)14/h2-6H,1H3,(H,17,19). The van der Waals surface area contributed by atoms with Crippen LogP contribution in [0.25, 0.3) is 0 Å². The third-order valence-corrected chi connectivity index (χ3v) is 2.99. The van der Waals surface area contributed by atoms with Crippen LogP contribution in [0.15, 0.2) is 30.3 Å². The van der Waals surface area contributed by atoms with Gasteiger partial charge in [-0.25, -0.2) is 9.37 Å². The fourth-order valence-corrected chi connectivity index (χ4v) is 1.85. The van der Waals surface area contributed by atoms with Gasteiger partial charge in [0.1, 0.15) is 5.15 Å². The van der Waals surface area contributed by atoms with Gasteiger partial charge in [-0.05, 0) is 25.1 Å². The molecular weight excluding hydrogens is 290 g/mol. The molecule has 0 fully saturated rings. The molecule has 3 nitrogen and oxygen atoms in total. The number of hydrogen-bond acceptors (Lipinski definition) is 2. The van der Waals surface area contributed by atoms with Gasteiger partial charge in [0.15, 0.2) is 11.0 Å². The molecule has 0 bridgehead atoms. The third kappa shape index (κ3) is 3.22. The van der Waals surface area contributed by atoms with Gasteiger partial charge in [0.05, 0.1) is 5.56 Å². The topological polar surface area (TPSA) is 42.0 Å². The van der Waals surface area contributed by atoms with Crippen molar-refractivity contribution in [3.63, 3.8) is 0 Å². The summed E-state index contributed by atoms with van der Waals surface area (Å²) < 4.78 is 13.3. The van der Waals surface area contributed by atoms with Crippen molar-refractivity contribution in [3.05, 3.63) is 57.6 Å². The van der Waals surface area contributed by atoms with Crippen molar-refractivity contribution in [3.8, 4) is 0 Å². The van der Waals surface area contributed by atoms with E-state index in [1.54, 1.807) is 12.1 Å². The van der Waals surface area contributed by atoms with Gasteiger partial charge >= 0.3 is 0 Å². The highest BCUT2D eigenvalue weighted by molar-refractivity contribution is 6.35. The third-order valence-electron chi connectivity index (χ3n) is 2.44. The first kappa shape index (κ1) is 13.8. The van der Waals surface area contributed by atoms with Crippen molar-refractivity contribution in [2.45, 2.75) is 6.92 Å². The molecule has 0 atom stereocenters. The predicted molar refractivity (Wildman–Crippen MR) is 73.3 cm³/mol. The summed E-state index contributed by atoms with van der Waals surface area (Å²) in [6, 6.07) is 8.12. The van der Waals surface area contributed by atoms with Gasteiger partial charge in [-0.1, -0.05) is 40.9 Å². The Morgan fingerprint density at radius 3 is 2.47 bits per heavy atom. The van der Waals surface area contributed by atoms with Crippen LogP contribution in [0.4, 0.5) is 10.1 Å². The monoisotopic (exact) mass is 298 g/mol. The normalized spacial score (nSPS) is 10.3. The number of rotatable bonds is 2. The maximum absolute atomic E-state index is 13.3. The fourth-order valence-electron chi connectivity index (χ4n) is 1.44. The molecule has 0 aliphatic heterocycles. The number of nitrogens with zero attached hydrogens (tertiary/aromatic N) is 1. The van der Waals surface area contributed by atoms with E-state index in [1.807, 2.05) is 19.1 Å². The minimum atomic E-state index is -0.792. The van der Waals surface area contributed by atoms with E-state index >= 15 is 0 Å². The molecule has 0 aliphatic rings. The van der Waals surface area contributed by atoms with Gasteiger partial charge in [-0.2, -0.15) is 0 Å². The minimum absolute atomic E-state index is 0.0656. The SMILES string of the molecule is Cc1ccc(NC(=O)c2cc(F)c(Cl)nc2Cl)cc1. The second-order valence-electron chi connectivity index (χ2n) is 3.92. The molecule has 0 radical (unpaired) electrons. The maximum atomic E-state index is 13.3. The lowest BCUT2D eigenvalue weighted by Crippen LogP contribution is -2.13. The predicted octanol–water partition coefficient (Wildman–Crippen LogP) is 4.09. The molecular formula is C13H9Cl2FN2O. The number of benzene rings is 1. The Kier molecular flexibility index (Phi) is 4.02. The van der Waals surface area contributed by atoms with E-state index in [1.165, 1.54) is 0 Å². The Bertz CT molecular complexity index is 629. The number of aromatic nitrogens is 1. The van der Waals surface area contributed by atoms with E-state index in [9.17, 15) is 9.18 Å². The van der Waals surface area contributed by atoms with Gasteiger partial charge in [0, 0.05) is 5.69 Å². The van der Waals surface area contributed by atoms with Gasteiger partial charge in [0.25, 0.3) is 5.91 Å². The average molecular weight is 299 g/mol. The molecule has 1 heterocycles. The van der Waals surface area contributed by atoms with Crippen molar-refractivity contribution >= 4 is 34.8 Å². The Labute approximate surface area is 119 Å². The number of carbonyl (C=O) groups is 1. The van der Waals surface area contributed by atoms with Gasteiger partial charge in [0.2, 0.25) is 0 Å². The first-order valence-electron chi connectivity index (χ1n) is 5.37. The van der Waals surface area contributed by atoms with Crippen LogP contribution in [0.1, 0.15) is 15.9 Å². The molecule has 6 heteroatoms. The van der Waals surface area contributed by atoms with Crippen molar-refractivity contribution in [2.75, 3.05) is 5.32 Å². The average Bonchev–Trinajstić information content (AvgIpc) is 2.36. The lowest BCUT2D eigenvalue weighted by molar-refractivity contribution is 0.102. The van der Waals surface area contributed by atoms with Crippen LogP contribution in [-0.4, -0.2) is 10.9 Å². The molecule has 1 aromatic carbocycles. The number of pyridine rings is 1. The second kappa shape index (κ2) is 5.55. The molecule has 2 aromatic rings. The highest BCUT2D eigenvalue weighted by Gasteiger charge is 2.15. The summed E-state index contributed by atoms with van der Waals surface area (Å²) in [5.41, 5.74) is 1.58. The molecule has 19 heavy (non-hydrogen) atoms. The number of aryl methyl sites for hydroxylation is 1. The summed E-state index contributed by atoms with van der Waals surface area (Å²) in [7, 11) is 0. The lowest BCUT2D eigenvalue weighted by atomic mass is 10.2. The number of nitrogens with one attached hydrogen (secondary N) is 1. The molecule has 1 aromatic heterocycles. The molecule has 2 rings (SSSR count). The van der Waals surface area contributed by atoms with Crippen LogP contribution in [0.3, 0.4) is 0 Å². The summed E-state index contributed by atoms with van der Waals surface area (Å²) in [4.78, 5) is 15.5. The van der Waals surface area contributed by atoms with E-state index in [0.29, 0.717) is 5.69 Å². The van der Waals surface area contributed by atoms with E-state index in [4.69, 9.17) is 23.2 Å². The number of halogens is 3. The molecule has 1 N–H and O–H groups in total. The summed E-state index contributed by atoms with van der Waals surface area (Å²) in [6.07, 6.45) is 0. The number of hydrogen-bond donors (Lipinski definition) is 1. The van der Waals surface area contributed by atoms with Crippen molar-refractivity contribution in [2.24, 2.45) is 0 Å². The minimum Gasteiger partial charge on any atom is -0.322 e. The van der Waals surface area contributed by atoms with Gasteiger partial charge in [-0.3, -0.25) is 4.79 Å². The molecule has 0 unspecified atom stereocenters. The van der Waals surface area contributed by atoms with Crippen LogP contribution in [0.2, 0.25) is 10.3 Å². The quantitative estimate of drug-likeness (QED) is 0.849. The maximum Gasteiger partial charge on any atom is 0.258 e. The largest absolute Gasteiger partial charge is 0.322 e. The molecule has 98 valence electrons. The van der Waals surface area contributed by atoms with E-state index < -0.39 is 11.7 Å². The van der Waals surface area contributed by atoms with Crippen LogP contribution < -0.4 is 5.32 Å². The van der Waals surface area contributed by atoms with Crippen molar-refractivity contribution < 1.29 is 9.18 Å². The van der Waals surface area contributed by atoms with Crippen LogP contribution in [0, 0.1) is 12.7 Å². The van der Waals surface area contributed by atoms with Crippen molar-refractivity contribution in [1.82, 2.24) is 4.98 Å². The molecule has 0 aliphatic carbocycles. The first-order chi connectivity index (χ1) is 8.97. The Morgan fingerprint density at radius 1 is 1.21 bits per heavy atom. The van der Waals surface area contributed by atoms with Gasteiger partial charge in [-0.15, -0.1) is 0 Å². The van der Waals surface area contributed by atoms with E-state index in [-0.39, 0.29) is 15.9 Å². The zero-order valence-corrected chi connectivity index (χ0v) is 11.4. The number of carbonyl (C=O) groups excluding carboxylic acids is 1. The molecule has 1 amide bonds. The first-order valence-corrected chi connectivity index (χ1v) is 6.12. The lowest BCUT2D eigenvalue weighted by Gasteiger charge is -2.07.